The number of hydrogen-bond acceptors (Lipinski definition) is 4. The number of nitrogens with zero attached hydrogens (tertiary/aromatic N) is 1. The lowest BCUT2D eigenvalue weighted by molar-refractivity contribution is -0.150. The number of aromatic nitrogens is 1. The second-order valence-corrected chi connectivity index (χ2v) is 4.04. The molecule has 0 aliphatic carbocycles. The molecule has 0 atom stereocenters. The third-order valence-corrected chi connectivity index (χ3v) is 2.31. The average Bonchev–Trinajstić information content (AvgIpc) is 2.29. The maximum absolute atomic E-state index is 12.7. The number of carbonyl (C=O) groups is 2. The predicted molar refractivity (Wildman–Crippen MR) is 58.9 cm³/mol. The van der Waals surface area contributed by atoms with Gasteiger partial charge in [-0.3, -0.25) is 14.6 Å². The van der Waals surface area contributed by atoms with Crippen molar-refractivity contribution in [3.05, 3.63) is 29.8 Å². The van der Waals surface area contributed by atoms with Gasteiger partial charge in [-0.25, -0.2) is 4.39 Å². The number of esters is 1. The molecule has 0 aliphatic rings. The molecule has 5 heteroatoms. The van der Waals surface area contributed by atoms with Crippen LogP contribution in [0.25, 0.3) is 0 Å². The number of rotatable bonds is 4. The van der Waals surface area contributed by atoms with Gasteiger partial charge in [-0.1, -0.05) is 0 Å². The van der Waals surface area contributed by atoms with Crippen molar-refractivity contribution in [3.8, 4) is 0 Å². The fourth-order valence-corrected chi connectivity index (χ4v) is 1.23. The van der Waals surface area contributed by atoms with Crippen LogP contribution in [0.5, 0.6) is 0 Å². The van der Waals surface area contributed by atoms with E-state index in [1.54, 1.807) is 6.92 Å². The van der Waals surface area contributed by atoms with Crippen molar-refractivity contribution in [1.82, 2.24) is 4.98 Å². The van der Waals surface area contributed by atoms with Crippen molar-refractivity contribution in [1.29, 1.82) is 0 Å². The zero-order valence-electron chi connectivity index (χ0n) is 9.99. The minimum Gasteiger partial charge on any atom is -0.465 e. The van der Waals surface area contributed by atoms with Gasteiger partial charge >= 0.3 is 5.97 Å². The number of halogens is 1. The molecule has 17 heavy (non-hydrogen) atoms. The van der Waals surface area contributed by atoms with E-state index in [0.29, 0.717) is 0 Å². The Kier molecular flexibility index (Phi) is 3.93. The molecule has 92 valence electrons. The molecule has 0 spiro atoms. The first-order valence-electron chi connectivity index (χ1n) is 5.23. The first-order valence-corrected chi connectivity index (χ1v) is 5.23. The standard InChI is InChI=1S/C12H14FNO3/c1-4-17-11(16)12(2,3)10(15)9-6-5-8(13)7-14-9/h5-7H,4H2,1-3H3. The summed E-state index contributed by atoms with van der Waals surface area (Å²) in [6.07, 6.45) is 0.939. The third kappa shape index (κ3) is 2.87. The number of Topliss-reactive ketones (excluding diaryl/α,β-unsaturated/α-hetero) is 1. The Morgan fingerprint density at radius 1 is 1.41 bits per heavy atom. The second-order valence-electron chi connectivity index (χ2n) is 4.04. The van der Waals surface area contributed by atoms with Gasteiger partial charge in [0.05, 0.1) is 12.8 Å². The van der Waals surface area contributed by atoms with E-state index >= 15 is 0 Å². The molecule has 1 rings (SSSR count). The normalized spacial score (nSPS) is 11.1. The first kappa shape index (κ1) is 13.3. The number of ketones is 1. The van der Waals surface area contributed by atoms with Crippen LogP contribution < -0.4 is 0 Å². The fourth-order valence-electron chi connectivity index (χ4n) is 1.23. The van der Waals surface area contributed by atoms with Crippen molar-refractivity contribution in [2.75, 3.05) is 6.61 Å². The van der Waals surface area contributed by atoms with Gasteiger partial charge in [-0.15, -0.1) is 0 Å². The number of hydrogen-bond donors (Lipinski definition) is 0. The van der Waals surface area contributed by atoms with E-state index < -0.39 is 23.0 Å². The molecule has 1 aromatic heterocycles. The molecule has 0 aliphatic heterocycles. The maximum atomic E-state index is 12.7. The molecule has 0 saturated heterocycles. The van der Waals surface area contributed by atoms with Gasteiger partial charge in [-0.05, 0) is 32.9 Å². The first-order chi connectivity index (χ1) is 7.89. The molecule has 0 aromatic carbocycles. The SMILES string of the molecule is CCOC(=O)C(C)(C)C(=O)c1ccc(F)cn1. The fraction of sp³-hybridized carbons (Fsp3) is 0.417. The Hall–Kier alpha value is -1.78. The van der Waals surface area contributed by atoms with Gasteiger partial charge < -0.3 is 4.74 Å². The van der Waals surface area contributed by atoms with Crippen LogP contribution in [-0.4, -0.2) is 23.3 Å². The number of ether oxygens (including phenoxy) is 1. The van der Waals surface area contributed by atoms with Crippen molar-refractivity contribution < 1.29 is 18.7 Å². The Bertz CT molecular complexity index is 426. The zero-order valence-corrected chi connectivity index (χ0v) is 9.99. The molecule has 0 amide bonds. The lowest BCUT2D eigenvalue weighted by Gasteiger charge is -2.20. The maximum Gasteiger partial charge on any atom is 0.319 e. The Labute approximate surface area is 98.8 Å². The molecule has 0 saturated carbocycles. The topological polar surface area (TPSA) is 56.3 Å². The summed E-state index contributed by atoms with van der Waals surface area (Å²) in [6, 6.07) is 2.38. The summed E-state index contributed by atoms with van der Waals surface area (Å²) >= 11 is 0. The molecule has 0 bridgehead atoms. The summed E-state index contributed by atoms with van der Waals surface area (Å²) in [7, 11) is 0. The molecule has 1 heterocycles. The van der Waals surface area contributed by atoms with E-state index in [1.807, 2.05) is 0 Å². The second kappa shape index (κ2) is 5.03. The summed E-state index contributed by atoms with van der Waals surface area (Å²) in [5.74, 6) is -1.64. The lowest BCUT2D eigenvalue weighted by Crippen LogP contribution is -2.35. The monoisotopic (exact) mass is 239 g/mol. The minimum atomic E-state index is -1.32. The van der Waals surface area contributed by atoms with E-state index in [2.05, 4.69) is 4.98 Å². The molecule has 0 N–H and O–H groups in total. The lowest BCUT2D eigenvalue weighted by atomic mass is 9.86. The van der Waals surface area contributed by atoms with Crippen LogP contribution in [0.3, 0.4) is 0 Å². The van der Waals surface area contributed by atoms with Gasteiger partial charge in [0.1, 0.15) is 16.9 Å². The summed E-state index contributed by atoms with van der Waals surface area (Å²) in [6.45, 7) is 4.78. The Balaban J connectivity index is 2.95. The van der Waals surface area contributed by atoms with Crippen molar-refractivity contribution >= 4 is 11.8 Å². The van der Waals surface area contributed by atoms with Gasteiger partial charge in [-0.2, -0.15) is 0 Å². The number of carbonyl (C=O) groups excluding carboxylic acids is 2. The number of pyridine rings is 1. The van der Waals surface area contributed by atoms with E-state index in [4.69, 9.17) is 4.74 Å². The molecule has 0 unspecified atom stereocenters. The van der Waals surface area contributed by atoms with Gasteiger partial charge in [0, 0.05) is 0 Å². The van der Waals surface area contributed by atoms with E-state index in [0.717, 1.165) is 12.3 Å². The van der Waals surface area contributed by atoms with Crippen LogP contribution in [0.15, 0.2) is 18.3 Å². The summed E-state index contributed by atoms with van der Waals surface area (Å²) in [4.78, 5) is 27.3. The highest BCUT2D eigenvalue weighted by Gasteiger charge is 2.38. The predicted octanol–water partition coefficient (Wildman–Crippen LogP) is 1.99. The molecule has 0 radical (unpaired) electrons. The summed E-state index contributed by atoms with van der Waals surface area (Å²) in [5, 5.41) is 0. The third-order valence-electron chi connectivity index (χ3n) is 2.31. The quantitative estimate of drug-likeness (QED) is 0.458. The molecule has 1 aromatic rings. The molecular weight excluding hydrogens is 225 g/mol. The highest BCUT2D eigenvalue weighted by molar-refractivity contribution is 6.10. The van der Waals surface area contributed by atoms with Crippen LogP contribution in [0.1, 0.15) is 31.3 Å². The van der Waals surface area contributed by atoms with Crippen LogP contribution in [-0.2, 0) is 9.53 Å². The van der Waals surface area contributed by atoms with E-state index in [9.17, 15) is 14.0 Å². The van der Waals surface area contributed by atoms with Crippen molar-refractivity contribution in [2.45, 2.75) is 20.8 Å². The van der Waals surface area contributed by atoms with Gasteiger partial charge in [0.25, 0.3) is 0 Å². The van der Waals surface area contributed by atoms with Gasteiger partial charge in [0.15, 0.2) is 5.78 Å². The van der Waals surface area contributed by atoms with Gasteiger partial charge in [0.2, 0.25) is 0 Å². The van der Waals surface area contributed by atoms with Crippen LogP contribution in [0, 0.1) is 11.2 Å². The van der Waals surface area contributed by atoms with E-state index in [-0.39, 0.29) is 12.3 Å². The van der Waals surface area contributed by atoms with Crippen molar-refractivity contribution in [2.24, 2.45) is 5.41 Å². The van der Waals surface area contributed by atoms with Crippen molar-refractivity contribution in [3.63, 3.8) is 0 Å². The van der Waals surface area contributed by atoms with Crippen LogP contribution in [0.2, 0.25) is 0 Å². The summed E-state index contributed by atoms with van der Waals surface area (Å²) in [5.41, 5.74) is -1.27. The highest BCUT2D eigenvalue weighted by Crippen LogP contribution is 2.22. The van der Waals surface area contributed by atoms with E-state index in [1.165, 1.54) is 19.9 Å². The zero-order chi connectivity index (χ0) is 13.1. The Morgan fingerprint density at radius 3 is 2.53 bits per heavy atom. The largest absolute Gasteiger partial charge is 0.465 e. The smallest absolute Gasteiger partial charge is 0.319 e. The minimum absolute atomic E-state index is 0.0458. The average molecular weight is 239 g/mol. The highest BCUT2D eigenvalue weighted by atomic mass is 19.1. The summed E-state index contributed by atoms with van der Waals surface area (Å²) < 4.78 is 17.5. The molecule has 4 nitrogen and oxygen atoms in total. The van der Waals surface area contributed by atoms with Crippen LogP contribution in [0.4, 0.5) is 4.39 Å². The van der Waals surface area contributed by atoms with Crippen LogP contribution >= 0.6 is 0 Å². The molecule has 0 fully saturated rings. The molecular formula is C12H14FNO3. The Morgan fingerprint density at radius 2 is 2.06 bits per heavy atom.